The molecule has 4 unspecified atom stereocenters. The summed E-state index contributed by atoms with van der Waals surface area (Å²) in [6.07, 6.45) is -1.82. The Labute approximate surface area is 376 Å². The maximum Gasteiger partial charge on any atom is 0.308 e. The van der Waals surface area contributed by atoms with Crippen molar-refractivity contribution in [2.45, 2.75) is 153 Å². The molecule has 18 heteroatoms. The van der Waals surface area contributed by atoms with Crippen molar-refractivity contribution >= 4 is 11.8 Å². The first-order valence-electron chi connectivity index (χ1n) is 22.4. The van der Waals surface area contributed by atoms with Crippen molar-refractivity contribution in [1.29, 1.82) is 0 Å². The second-order valence-corrected chi connectivity index (χ2v) is 17.8. The number of allylic oxidation sites excluding steroid dienone is 3. The maximum atomic E-state index is 14.0. The van der Waals surface area contributed by atoms with Gasteiger partial charge >= 0.3 is 5.97 Å². The first-order valence-corrected chi connectivity index (χ1v) is 22.4. The molecule has 2 saturated heterocycles. The zero-order valence-electron chi connectivity index (χ0n) is 38.9. The van der Waals surface area contributed by atoms with Gasteiger partial charge in [-0.2, -0.15) is 0 Å². The molecule has 64 heavy (non-hydrogen) atoms. The second kappa shape index (κ2) is 23.8. The molecule has 18 nitrogen and oxygen atoms in total. The summed E-state index contributed by atoms with van der Waals surface area (Å²) in [7, 11) is 6.45. The van der Waals surface area contributed by atoms with Crippen LogP contribution in [0.4, 0.5) is 0 Å². The van der Waals surface area contributed by atoms with Gasteiger partial charge < -0.3 is 58.5 Å². The third kappa shape index (κ3) is 12.9. The predicted molar refractivity (Wildman–Crippen MR) is 233 cm³/mol. The van der Waals surface area contributed by atoms with Crippen LogP contribution in [0, 0.1) is 23.7 Å². The van der Waals surface area contributed by atoms with Gasteiger partial charge in [-0.25, -0.2) is 0 Å². The number of aliphatic hydroxyl groups is 4. The van der Waals surface area contributed by atoms with Crippen molar-refractivity contribution in [3.63, 3.8) is 0 Å². The van der Waals surface area contributed by atoms with Crippen LogP contribution < -0.4 is 0 Å². The molecule has 0 aliphatic carbocycles. The molecule has 0 amide bonds. The molecule has 2 fully saturated rings. The molecule has 0 saturated carbocycles. The number of aryl methyl sites for hydroxylation is 1. The number of carbonyl (C=O) groups excluding carboxylic acids is 2. The van der Waals surface area contributed by atoms with Gasteiger partial charge in [0.05, 0.1) is 61.5 Å². The van der Waals surface area contributed by atoms with E-state index in [0.717, 1.165) is 5.57 Å². The molecule has 2 aromatic rings. The summed E-state index contributed by atoms with van der Waals surface area (Å²) in [4.78, 5) is 34.0. The van der Waals surface area contributed by atoms with Crippen molar-refractivity contribution in [2.75, 3.05) is 34.9 Å². The van der Waals surface area contributed by atoms with Crippen molar-refractivity contribution in [2.24, 2.45) is 23.7 Å². The summed E-state index contributed by atoms with van der Waals surface area (Å²) in [6, 6.07) is 4.78. The molecule has 17 atom stereocenters. The Hall–Kier alpha value is -3.53. The van der Waals surface area contributed by atoms with Crippen molar-refractivity contribution in [3.8, 4) is 11.4 Å². The third-order valence-electron chi connectivity index (χ3n) is 12.9. The van der Waals surface area contributed by atoms with Gasteiger partial charge in [0.1, 0.15) is 36.2 Å². The van der Waals surface area contributed by atoms with Crippen LogP contribution in [0.2, 0.25) is 0 Å². The van der Waals surface area contributed by atoms with Crippen LogP contribution in [0.25, 0.3) is 11.4 Å². The quantitative estimate of drug-likeness (QED) is 0.212. The van der Waals surface area contributed by atoms with Gasteiger partial charge in [0.15, 0.2) is 18.4 Å². The highest BCUT2D eigenvalue weighted by Crippen LogP contribution is 2.35. The van der Waals surface area contributed by atoms with E-state index in [1.54, 1.807) is 62.9 Å². The topological polar surface area (TPSA) is 227 Å². The lowest BCUT2D eigenvalue weighted by molar-refractivity contribution is -0.304. The van der Waals surface area contributed by atoms with Crippen LogP contribution in [0.1, 0.15) is 67.2 Å². The Morgan fingerprint density at radius 3 is 2.25 bits per heavy atom. The fourth-order valence-electron chi connectivity index (χ4n) is 9.02. The molecule has 2 aromatic heterocycles. The molecule has 4 N–H and O–H groups in total. The summed E-state index contributed by atoms with van der Waals surface area (Å²) >= 11 is 0. The van der Waals surface area contributed by atoms with Gasteiger partial charge in [-0.3, -0.25) is 19.3 Å². The highest BCUT2D eigenvalue weighted by molar-refractivity contribution is 5.91. The minimum Gasteiger partial charge on any atom is -0.462 e. The minimum atomic E-state index is -1.30. The normalized spacial score (nSPS) is 37.4. The average Bonchev–Trinajstić information content (AvgIpc) is 3.75. The number of rotatable bonds is 13. The number of hydrogen-bond donors (Lipinski definition) is 4. The molecule has 0 aromatic carbocycles. The Kier molecular flexibility index (Phi) is 19.1. The molecular weight excluding hydrogens is 831 g/mol. The van der Waals surface area contributed by atoms with E-state index in [2.05, 4.69) is 15.3 Å². The fourth-order valence-corrected chi connectivity index (χ4v) is 9.02. The number of aromatic nitrogens is 4. The first kappa shape index (κ1) is 51.5. The number of carbonyl (C=O) groups is 2. The maximum absolute atomic E-state index is 14.0. The van der Waals surface area contributed by atoms with Crippen LogP contribution in [0.3, 0.4) is 0 Å². The fraction of sp³-hybridized carbons (Fsp3) is 0.717. The number of likely N-dealkylation sites (N-methyl/N-ethyl adjacent to an activating group) is 1. The lowest BCUT2D eigenvalue weighted by Crippen LogP contribution is -2.63. The zero-order valence-corrected chi connectivity index (χ0v) is 38.9. The van der Waals surface area contributed by atoms with Gasteiger partial charge in [-0.05, 0) is 78.3 Å². The Bertz CT molecular complexity index is 1830. The van der Waals surface area contributed by atoms with E-state index in [1.165, 1.54) is 20.3 Å². The molecule has 3 aliphatic heterocycles. The number of nitrogens with zero attached hydrogens (tertiary/aromatic N) is 5. The van der Waals surface area contributed by atoms with E-state index in [0.29, 0.717) is 37.2 Å². The number of cyclic esters (lactones) is 1. The molecule has 0 bridgehead atoms. The first-order chi connectivity index (χ1) is 30.5. The molecular formula is C46H71N5O13. The molecule has 3 aliphatic rings. The van der Waals surface area contributed by atoms with Crippen LogP contribution >= 0.6 is 0 Å². The summed E-state index contributed by atoms with van der Waals surface area (Å²) < 4.78 is 44.2. The van der Waals surface area contributed by atoms with Crippen molar-refractivity contribution in [3.05, 3.63) is 54.4 Å². The average molecular weight is 902 g/mol. The lowest BCUT2D eigenvalue weighted by atomic mass is 9.79. The van der Waals surface area contributed by atoms with Crippen LogP contribution in [-0.2, 0) is 49.3 Å². The minimum absolute atomic E-state index is 0.0154. The molecule has 0 radical (unpaired) electrons. The molecule has 0 spiro atoms. The van der Waals surface area contributed by atoms with E-state index in [-0.39, 0.29) is 12.4 Å². The number of esters is 1. The molecule has 5 rings (SSSR count). The molecule has 5 heterocycles. The monoisotopic (exact) mass is 902 g/mol. The Balaban J connectivity index is 1.47. The highest BCUT2D eigenvalue weighted by atomic mass is 16.7. The smallest absolute Gasteiger partial charge is 0.308 e. The van der Waals surface area contributed by atoms with Crippen molar-refractivity contribution < 1.29 is 63.2 Å². The third-order valence-corrected chi connectivity index (χ3v) is 12.9. The van der Waals surface area contributed by atoms with E-state index < -0.39 is 116 Å². The largest absolute Gasteiger partial charge is 0.462 e. The number of hydrogen-bond acceptors (Lipinski definition) is 17. The SMILES string of the molecule is CC[C@H]1OC(=O)C[C@@H](O)[C@H](C)[C@@H](O[C@@H]2O[C@H](C)[C@@H](O)C(N(C)C)C2O)[C@@H](CCn2cc(-c3ccccn3)nn2)C[C@@H](C)C(=O)C=CC(C)=C[C@@H]1CO[C@@H]1OC(C)[C@@H](O)[C@H](OC)C1OC. The van der Waals surface area contributed by atoms with E-state index >= 15 is 0 Å². The van der Waals surface area contributed by atoms with E-state index in [1.807, 2.05) is 45.0 Å². The predicted octanol–water partition coefficient (Wildman–Crippen LogP) is 2.72. The number of ketones is 1. The van der Waals surface area contributed by atoms with Crippen LogP contribution in [0.15, 0.2) is 54.4 Å². The summed E-state index contributed by atoms with van der Waals surface area (Å²) in [5, 5.41) is 53.9. The number of pyridine rings is 1. The summed E-state index contributed by atoms with van der Waals surface area (Å²) in [5.41, 5.74) is 1.96. The zero-order chi connectivity index (χ0) is 46.8. The highest BCUT2D eigenvalue weighted by Gasteiger charge is 2.48. The standard InChI is InChI=1S/C46H71N5O13/c1-11-36-31(24-60-46-44(59-10)43(58-9)40(56)29(6)62-46)20-25(2)15-16-34(52)26(3)21-30(17-19-51-23-33(48-49-51)32-14-12-13-18-47-32)42(27(4)35(53)22-37(54)63-36)64-45-41(57)38(50(7)8)39(55)28(5)61-45/h12-16,18,20,23,26-31,35-36,38-46,53,55-57H,11,17,19,21-22,24H2,1-10H3/t26-,27+,28-,29?,30+,31-,35-,36-,38?,39-,40-,41?,42-,43+,44?,45+,46-/m1/s1. The van der Waals surface area contributed by atoms with E-state index in [4.69, 9.17) is 33.2 Å². The van der Waals surface area contributed by atoms with Gasteiger partial charge in [0.25, 0.3) is 0 Å². The van der Waals surface area contributed by atoms with E-state index in [9.17, 15) is 30.0 Å². The molecule has 358 valence electrons. The number of ether oxygens (including phenoxy) is 7. The van der Waals surface area contributed by atoms with Gasteiger partial charge in [-0.1, -0.05) is 49.8 Å². The summed E-state index contributed by atoms with van der Waals surface area (Å²) in [5.74, 6) is -3.07. The number of methoxy groups -OCH3 is 2. The van der Waals surface area contributed by atoms with Gasteiger partial charge in [-0.15, -0.1) is 5.10 Å². The second-order valence-electron chi connectivity index (χ2n) is 17.8. The van der Waals surface area contributed by atoms with Crippen LogP contribution in [0.5, 0.6) is 0 Å². The van der Waals surface area contributed by atoms with Gasteiger partial charge in [0.2, 0.25) is 0 Å². The summed E-state index contributed by atoms with van der Waals surface area (Å²) in [6.45, 7) is 11.1. The van der Waals surface area contributed by atoms with Crippen LogP contribution in [-0.4, -0.2) is 172 Å². The Morgan fingerprint density at radius 1 is 0.891 bits per heavy atom. The lowest BCUT2D eigenvalue weighted by Gasteiger charge is -2.46. The Morgan fingerprint density at radius 2 is 1.59 bits per heavy atom. The van der Waals surface area contributed by atoms with Crippen molar-refractivity contribution in [1.82, 2.24) is 24.9 Å². The van der Waals surface area contributed by atoms with Gasteiger partial charge in [0, 0.05) is 44.7 Å². The number of aliphatic hydroxyl groups excluding tert-OH is 4.